The van der Waals surface area contributed by atoms with Crippen molar-refractivity contribution < 1.29 is 14.3 Å². The van der Waals surface area contributed by atoms with Gasteiger partial charge in [-0.2, -0.15) is 0 Å². The van der Waals surface area contributed by atoms with Gasteiger partial charge in [0.25, 0.3) is 0 Å². The third kappa shape index (κ3) is 2.50. The van der Waals surface area contributed by atoms with Gasteiger partial charge in [0.2, 0.25) is 0 Å². The lowest BCUT2D eigenvalue weighted by molar-refractivity contribution is 0.0529. The lowest BCUT2D eigenvalue weighted by atomic mass is 9.97. The minimum absolute atomic E-state index is 0.284. The highest BCUT2D eigenvalue weighted by Gasteiger charge is 2.25. The molecule has 0 atom stereocenters. The molecule has 0 saturated carbocycles. The number of benzene rings is 1. The number of fused-ring (bicyclic) bond motifs is 1. The summed E-state index contributed by atoms with van der Waals surface area (Å²) in [6.45, 7) is 6.10. The number of carbonyl (C=O) groups excluding carboxylic acids is 2. The van der Waals surface area contributed by atoms with Gasteiger partial charge in [0.15, 0.2) is 6.29 Å². The zero-order valence-electron chi connectivity index (χ0n) is 14.0. The first-order valence-electron chi connectivity index (χ1n) is 7.91. The number of ether oxygens (including phenoxy) is 1. The normalized spacial score (nSPS) is 10.8. The molecule has 0 fully saturated rings. The molecule has 0 saturated heterocycles. The first-order valence-corrected chi connectivity index (χ1v) is 7.91. The van der Waals surface area contributed by atoms with Gasteiger partial charge < -0.3 is 9.14 Å². The molecule has 0 unspecified atom stereocenters. The van der Waals surface area contributed by atoms with Gasteiger partial charge >= 0.3 is 5.97 Å². The molecule has 0 bridgehead atoms. The number of hydrogen-bond donors (Lipinski definition) is 0. The maximum absolute atomic E-state index is 12.6. The second-order valence-electron chi connectivity index (χ2n) is 5.73. The molecule has 4 nitrogen and oxygen atoms in total. The second kappa shape index (κ2) is 6.32. The fraction of sp³-hybridized carbons (Fsp3) is 0.200. The molecule has 2 aromatic heterocycles. The summed E-state index contributed by atoms with van der Waals surface area (Å²) in [4.78, 5) is 24.4. The summed E-state index contributed by atoms with van der Waals surface area (Å²) >= 11 is 0. The highest BCUT2D eigenvalue weighted by atomic mass is 16.5. The van der Waals surface area contributed by atoms with Gasteiger partial charge in [-0.25, -0.2) is 4.79 Å². The van der Waals surface area contributed by atoms with Gasteiger partial charge in [-0.1, -0.05) is 24.3 Å². The van der Waals surface area contributed by atoms with E-state index in [9.17, 15) is 9.59 Å². The van der Waals surface area contributed by atoms with Crippen LogP contribution < -0.4 is 0 Å². The predicted octanol–water partition coefficient (Wildman–Crippen LogP) is 4.21. The molecule has 24 heavy (non-hydrogen) atoms. The van der Waals surface area contributed by atoms with Crippen molar-refractivity contribution in [3.8, 4) is 11.1 Å². The average Bonchev–Trinajstić information content (AvgIpc) is 2.92. The molecule has 4 heteroatoms. The highest BCUT2D eigenvalue weighted by molar-refractivity contribution is 6.09. The average molecular weight is 321 g/mol. The summed E-state index contributed by atoms with van der Waals surface area (Å²) in [5.41, 5.74) is 5.29. The van der Waals surface area contributed by atoms with E-state index in [0.29, 0.717) is 22.3 Å². The minimum Gasteiger partial charge on any atom is -0.462 e. The van der Waals surface area contributed by atoms with E-state index < -0.39 is 5.97 Å². The van der Waals surface area contributed by atoms with Gasteiger partial charge in [0.1, 0.15) is 0 Å². The van der Waals surface area contributed by atoms with Crippen LogP contribution in [0.25, 0.3) is 16.6 Å². The number of pyridine rings is 1. The Morgan fingerprint density at radius 1 is 1.17 bits per heavy atom. The topological polar surface area (TPSA) is 47.8 Å². The summed E-state index contributed by atoms with van der Waals surface area (Å²) in [7, 11) is 0. The fourth-order valence-corrected chi connectivity index (χ4v) is 2.95. The Bertz CT molecular complexity index is 937. The molecular formula is C20H19NO3. The summed E-state index contributed by atoms with van der Waals surface area (Å²) < 4.78 is 6.98. The van der Waals surface area contributed by atoms with Crippen molar-refractivity contribution in [2.45, 2.75) is 20.8 Å². The van der Waals surface area contributed by atoms with Crippen molar-refractivity contribution in [2.24, 2.45) is 0 Å². The lowest BCUT2D eigenvalue weighted by Gasteiger charge is -2.08. The van der Waals surface area contributed by atoms with E-state index >= 15 is 0 Å². The van der Waals surface area contributed by atoms with Crippen LogP contribution in [0.3, 0.4) is 0 Å². The van der Waals surface area contributed by atoms with E-state index in [1.54, 1.807) is 17.5 Å². The number of aromatic nitrogens is 1. The Balaban J connectivity index is 2.39. The van der Waals surface area contributed by atoms with Crippen LogP contribution in [-0.2, 0) is 4.74 Å². The number of hydrogen-bond acceptors (Lipinski definition) is 3. The van der Waals surface area contributed by atoms with Crippen molar-refractivity contribution in [1.82, 2.24) is 4.40 Å². The molecule has 0 aliphatic carbocycles. The van der Waals surface area contributed by atoms with Crippen molar-refractivity contribution in [3.63, 3.8) is 0 Å². The first-order chi connectivity index (χ1) is 11.6. The van der Waals surface area contributed by atoms with Gasteiger partial charge in [-0.05, 0) is 49.6 Å². The number of esters is 1. The van der Waals surface area contributed by atoms with Crippen LogP contribution in [0.4, 0.5) is 0 Å². The Labute approximate surface area is 140 Å². The molecule has 0 aliphatic heterocycles. The first kappa shape index (κ1) is 16.0. The molecule has 2 heterocycles. The Kier molecular flexibility index (Phi) is 4.21. The molecule has 0 spiro atoms. The zero-order chi connectivity index (χ0) is 17.3. The van der Waals surface area contributed by atoms with Gasteiger partial charge in [0, 0.05) is 11.8 Å². The van der Waals surface area contributed by atoms with E-state index in [1.807, 2.05) is 50.2 Å². The second-order valence-corrected chi connectivity index (χ2v) is 5.73. The van der Waals surface area contributed by atoms with E-state index in [-0.39, 0.29) is 6.61 Å². The standard InChI is InChI=1S/C20H19NO3/c1-4-24-20(23)19-16-7-5-6-10-21(16)17(12-22)18(19)15-9-8-13(2)14(3)11-15/h5-12H,4H2,1-3H3. The fourth-order valence-electron chi connectivity index (χ4n) is 2.95. The van der Waals surface area contributed by atoms with E-state index in [4.69, 9.17) is 4.74 Å². The van der Waals surface area contributed by atoms with Crippen molar-refractivity contribution in [1.29, 1.82) is 0 Å². The number of aryl methyl sites for hydroxylation is 2. The number of aldehydes is 1. The van der Waals surface area contributed by atoms with Crippen molar-refractivity contribution in [2.75, 3.05) is 6.61 Å². The maximum atomic E-state index is 12.6. The Morgan fingerprint density at radius 3 is 2.62 bits per heavy atom. The summed E-state index contributed by atoms with van der Waals surface area (Å²) in [5.74, 6) is -0.414. The monoisotopic (exact) mass is 321 g/mol. The van der Waals surface area contributed by atoms with Crippen molar-refractivity contribution in [3.05, 3.63) is 65.0 Å². The number of carbonyl (C=O) groups is 2. The summed E-state index contributed by atoms with van der Waals surface area (Å²) in [5, 5.41) is 0. The van der Waals surface area contributed by atoms with Crippen molar-refractivity contribution >= 4 is 17.8 Å². The van der Waals surface area contributed by atoms with E-state index in [2.05, 4.69) is 0 Å². The third-order valence-electron chi connectivity index (χ3n) is 4.27. The number of rotatable bonds is 4. The largest absolute Gasteiger partial charge is 0.462 e. The van der Waals surface area contributed by atoms with E-state index in [1.165, 1.54) is 0 Å². The molecule has 3 aromatic rings. The molecule has 0 N–H and O–H groups in total. The van der Waals surface area contributed by atoms with Crippen LogP contribution in [0.5, 0.6) is 0 Å². The molecule has 0 radical (unpaired) electrons. The van der Waals surface area contributed by atoms with Crippen LogP contribution in [0, 0.1) is 13.8 Å². The van der Waals surface area contributed by atoms with Gasteiger partial charge in [0.05, 0.1) is 23.4 Å². The van der Waals surface area contributed by atoms with Crippen LogP contribution in [0.1, 0.15) is 38.9 Å². The smallest absolute Gasteiger partial charge is 0.340 e. The van der Waals surface area contributed by atoms with Gasteiger partial charge in [-0.15, -0.1) is 0 Å². The minimum atomic E-state index is -0.414. The molecule has 3 rings (SSSR count). The quantitative estimate of drug-likeness (QED) is 0.534. The zero-order valence-corrected chi connectivity index (χ0v) is 14.0. The SMILES string of the molecule is CCOC(=O)c1c(-c2ccc(C)c(C)c2)c(C=O)n2ccccc12. The van der Waals surface area contributed by atoms with Crippen LogP contribution in [0.2, 0.25) is 0 Å². The lowest BCUT2D eigenvalue weighted by Crippen LogP contribution is -2.06. The number of nitrogens with zero attached hydrogens (tertiary/aromatic N) is 1. The molecular weight excluding hydrogens is 302 g/mol. The summed E-state index contributed by atoms with van der Waals surface area (Å²) in [6, 6.07) is 11.4. The predicted molar refractivity (Wildman–Crippen MR) is 93.7 cm³/mol. The summed E-state index contributed by atoms with van der Waals surface area (Å²) in [6.07, 6.45) is 2.58. The third-order valence-corrected chi connectivity index (χ3v) is 4.27. The van der Waals surface area contributed by atoms with Crippen LogP contribution in [-0.4, -0.2) is 23.3 Å². The van der Waals surface area contributed by atoms with Gasteiger partial charge in [-0.3, -0.25) is 4.79 Å². The van der Waals surface area contributed by atoms with Crippen LogP contribution >= 0.6 is 0 Å². The Hall–Kier alpha value is -2.88. The van der Waals surface area contributed by atoms with E-state index in [0.717, 1.165) is 23.0 Å². The highest BCUT2D eigenvalue weighted by Crippen LogP contribution is 2.34. The molecule has 1 aromatic carbocycles. The molecule has 0 amide bonds. The molecule has 0 aliphatic rings. The maximum Gasteiger partial charge on any atom is 0.340 e. The Morgan fingerprint density at radius 2 is 1.96 bits per heavy atom. The molecule has 122 valence electrons. The van der Waals surface area contributed by atoms with Crippen LogP contribution in [0.15, 0.2) is 42.6 Å².